The molecule has 0 bridgehead atoms. The van der Waals surface area contributed by atoms with Gasteiger partial charge in [0.15, 0.2) is 5.96 Å². The van der Waals surface area contributed by atoms with Gasteiger partial charge in [0, 0.05) is 32.9 Å². The minimum Gasteiger partial charge on any atom is -0.355 e. The van der Waals surface area contributed by atoms with E-state index in [1.165, 1.54) is 4.31 Å². The van der Waals surface area contributed by atoms with Gasteiger partial charge in [-0.25, -0.2) is 12.7 Å². The van der Waals surface area contributed by atoms with Crippen molar-refractivity contribution in [2.24, 2.45) is 4.99 Å². The van der Waals surface area contributed by atoms with Crippen LogP contribution in [0.4, 0.5) is 0 Å². The van der Waals surface area contributed by atoms with Gasteiger partial charge >= 0.3 is 0 Å². The number of rotatable bonds is 5. The van der Waals surface area contributed by atoms with E-state index in [1.807, 2.05) is 18.2 Å². The molecule has 2 rings (SSSR count). The van der Waals surface area contributed by atoms with Crippen LogP contribution in [0.15, 0.2) is 29.4 Å². The summed E-state index contributed by atoms with van der Waals surface area (Å²) in [4.78, 5) is 8.32. The van der Waals surface area contributed by atoms with E-state index in [1.54, 1.807) is 13.2 Å². The molecule has 0 amide bonds. The fourth-order valence-electron chi connectivity index (χ4n) is 2.14. The zero-order valence-corrected chi connectivity index (χ0v) is 12.9. The van der Waals surface area contributed by atoms with Gasteiger partial charge < -0.3 is 10.6 Å². The van der Waals surface area contributed by atoms with Gasteiger partial charge in [0.2, 0.25) is 10.0 Å². The zero-order valence-electron chi connectivity index (χ0n) is 12.1. The highest BCUT2D eigenvalue weighted by atomic mass is 32.2. The number of sulfonamides is 1. The van der Waals surface area contributed by atoms with Crippen molar-refractivity contribution < 1.29 is 8.42 Å². The molecule has 0 aromatic carbocycles. The number of aliphatic imine (C=N–C) groups is 1. The van der Waals surface area contributed by atoms with E-state index in [-0.39, 0.29) is 5.75 Å². The second-order valence-corrected chi connectivity index (χ2v) is 6.83. The van der Waals surface area contributed by atoms with Crippen molar-refractivity contribution in [1.29, 1.82) is 0 Å². The summed E-state index contributed by atoms with van der Waals surface area (Å²) in [6, 6.07) is 5.72. The third kappa shape index (κ3) is 4.68. The Morgan fingerprint density at radius 3 is 2.90 bits per heavy atom. The molecule has 116 valence electrons. The summed E-state index contributed by atoms with van der Waals surface area (Å²) in [7, 11) is -1.34. The van der Waals surface area contributed by atoms with Crippen molar-refractivity contribution in [2.45, 2.75) is 13.0 Å². The summed E-state index contributed by atoms with van der Waals surface area (Å²) >= 11 is 0. The van der Waals surface area contributed by atoms with Crippen LogP contribution in [-0.4, -0.2) is 56.1 Å². The first-order chi connectivity index (χ1) is 10.1. The van der Waals surface area contributed by atoms with E-state index in [9.17, 15) is 8.42 Å². The third-order valence-corrected chi connectivity index (χ3v) is 5.20. The Morgan fingerprint density at radius 2 is 2.29 bits per heavy atom. The number of hydrogen-bond donors (Lipinski definition) is 2. The predicted octanol–water partition coefficient (Wildman–Crippen LogP) is -0.218. The Balaban J connectivity index is 1.73. The zero-order chi connectivity index (χ0) is 15.1. The lowest BCUT2D eigenvalue weighted by atomic mass is 10.3. The number of aromatic nitrogens is 1. The van der Waals surface area contributed by atoms with E-state index in [0.717, 1.165) is 12.1 Å². The van der Waals surface area contributed by atoms with Crippen LogP contribution in [0.25, 0.3) is 0 Å². The molecular weight excluding hydrogens is 290 g/mol. The largest absolute Gasteiger partial charge is 0.355 e. The van der Waals surface area contributed by atoms with Gasteiger partial charge in [-0.15, -0.1) is 0 Å². The number of nitrogens with zero attached hydrogens (tertiary/aromatic N) is 3. The van der Waals surface area contributed by atoms with E-state index >= 15 is 0 Å². The molecule has 0 radical (unpaired) electrons. The van der Waals surface area contributed by atoms with Gasteiger partial charge in [0.05, 0.1) is 18.0 Å². The van der Waals surface area contributed by atoms with Crippen molar-refractivity contribution in [1.82, 2.24) is 19.9 Å². The fraction of sp³-hybridized carbons (Fsp3) is 0.538. The van der Waals surface area contributed by atoms with Crippen LogP contribution >= 0.6 is 0 Å². The molecule has 0 spiro atoms. The highest BCUT2D eigenvalue weighted by Gasteiger charge is 2.27. The lowest BCUT2D eigenvalue weighted by Gasteiger charge is -2.16. The molecule has 1 aromatic heterocycles. The normalized spacial score (nSPS) is 18.6. The summed E-state index contributed by atoms with van der Waals surface area (Å²) < 4.78 is 24.8. The second kappa shape index (κ2) is 7.37. The van der Waals surface area contributed by atoms with Crippen LogP contribution in [-0.2, 0) is 16.6 Å². The number of hydrogen-bond acceptors (Lipinski definition) is 4. The van der Waals surface area contributed by atoms with Crippen LogP contribution in [0.5, 0.6) is 0 Å². The lowest BCUT2D eigenvalue weighted by molar-refractivity contribution is 0.445. The smallest absolute Gasteiger partial charge is 0.214 e. The van der Waals surface area contributed by atoms with Crippen molar-refractivity contribution in [3.05, 3.63) is 30.1 Å². The van der Waals surface area contributed by atoms with E-state index in [2.05, 4.69) is 20.6 Å². The first kappa shape index (κ1) is 15.7. The van der Waals surface area contributed by atoms with Crippen LogP contribution in [0.3, 0.4) is 0 Å². The monoisotopic (exact) mass is 311 g/mol. The summed E-state index contributed by atoms with van der Waals surface area (Å²) in [5.41, 5.74) is 0.919. The van der Waals surface area contributed by atoms with E-state index in [0.29, 0.717) is 32.1 Å². The highest BCUT2D eigenvalue weighted by molar-refractivity contribution is 7.89. The first-order valence-corrected chi connectivity index (χ1v) is 8.55. The van der Waals surface area contributed by atoms with Crippen molar-refractivity contribution >= 4 is 16.0 Å². The van der Waals surface area contributed by atoms with Crippen molar-refractivity contribution in [3.8, 4) is 0 Å². The number of nitrogens with one attached hydrogen (secondary N) is 2. The first-order valence-electron chi connectivity index (χ1n) is 6.94. The van der Waals surface area contributed by atoms with E-state index in [4.69, 9.17) is 0 Å². The summed E-state index contributed by atoms with van der Waals surface area (Å²) in [5.74, 6) is 0.900. The fourth-order valence-corrected chi connectivity index (χ4v) is 3.67. The van der Waals surface area contributed by atoms with Gasteiger partial charge in [0.1, 0.15) is 0 Å². The molecule has 1 saturated heterocycles. The molecule has 7 nitrogen and oxygen atoms in total. The summed E-state index contributed by atoms with van der Waals surface area (Å²) in [6.07, 6.45) is 2.46. The molecule has 0 aliphatic carbocycles. The predicted molar refractivity (Wildman–Crippen MR) is 82.4 cm³/mol. The average Bonchev–Trinajstić information content (AvgIpc) is 2.82. The maximum atomic E-state index is 11.7. The van der Waals surface area contributed by atoms with E-state index < -0.39 is 10.0 Å². The maximum absolute atomic E-state index is 11.7. The average molecular weight is 311 g/mol. The molecule has 1 fully saturated rings. The maximum Gasteiger partial charge on any atom is 0.214 e. The van der Waals surface area contributed by atoms with Crippen LogP contribution in [0, 0.1) is 0 Å². The highest BCUT2D eigenvalue weighted by Crippen LogP contribution is 2.11. The Labute approximate surface area is 125 Å². The standard InChI is InChI=1S/C13H21N5O2S/c1-14-13(17-11-12-5-2-3-6-15-12)16-7-9-18-8-4-10-21(18,19)20/h2-3,5-6H,4,7-11H2,1H3,(H2,14,16,17). The lowest BCUT2D eigenvalue weighted by Crippen LogP contribution is -2.41. The molecule has 2 N–H and O–H groups in total. The van der Waals surface area contributed by atoms with Crippen LogP contribution < -0.4 is 10.6 Å². The van der Waals surface area contributed by atoms with Crippen LogP contribution in [0.2, 0.25) is 0 Å². The molecule has 8 heteroatoms. The van der Waals surface area contributed by atoms with Gasteiger partial charge in [-0.05, 0) is 18.6 Å². The quantitative estimate of drug-likeness (QED) is 0.580. The van der Waals surface area contributed by atoms with Gasteiger partial charge in [-0.3, -0.25) is 9.98 Å². The van der Waals surface area contributed by atoms with Gasteiger partial charge in [-0.1, -0.05) is 6.07 Å². The summed E-state index contributed by atoms with van der Waals surface area (Å²) in [5, 5.41) is 6.25. The topological polar surface area (TPSA) is 86.7 Å². The van der Waals surface area contributed by atoms with Crippen molar-refractivity contribution in [2.75, 3.05) is 32.4 Å². The third-order valence-electron chi connectivity index (χ3n) is 3.24. The molecule has 2 heterocycles. The molecular formula is C13H21N5O2S. The minimum absolute atomic E-state index is 0.264. The molecule has 21 heavy (non-hydrogen) atoms. The van der Waals surface area contributed by atoms with Gasteiger partial charge in [0.25, 0.3) is 0 Å². The molecule has 0 saturated carbocycles. The Bertz CT molecular complexity index is 573. The second-order valence-electron chi connectivity index (χ2n) is 4.74. The molecule has 0 unspecified atom stereocenters. The molecule has 1 aliphatic heterocycles. The van der Waals surface area contributed by atoms with Gasteiger partial charge in [-0.2, -0.15) is 0 Å². The van der Waals surface area contributed by atoms with Crippen molar-refractivity contribution in [3.63, 3.8) is 0 Å². The summed E-state index contributed by atoms with van der Waals surface area (Å²) in [6.45, 7) is 2.18. The van der Waals surface area contributed by atoms with Crippen LogP contribution in [0.1, 0.15) is 12.1 Å². The Kier molecular flexibility index (Phi) is 5.51. The molecule has 0 atom stereocenters. The number of pyridine rings is 1. The Morgan fingerprint density at radius 1 is 1.43 bits per heavy atom. The minimum atomic E-state index is -3.02. The Hall–Kier alpha value is -1.67. The molecule has 1 aromatic rings. The SMILES string of the molecule is CN=C(NCCN1CCCS1(=O)=O)NCc1ccccn1. The number of guanidine groups is 1. The molecule has 1 aliphatic rings.